The fourth-order valence-electron chi connectivity index (χ4n) is 3.81. The molecule has 142 valence electrons. The van der Waals surface area contributed by atoms with E-state index in [-0.39, 0.29) is 29.6 Å². The normalized spacial score (nSPS) is 19.3. The van der Waals surface area contributed by atoms with Crippen molar-refractivity contribution in [1.82, 2.24) is 14.7 Å². The maximum absolute atomic E-state index is 12.7. The molecule has 2 heterocycles. The highest BCUT2D eigenvalue weighted by Crippen LogP contribution is 2.25. The Hall–Kier alpha value is -2.38. The Balaban J connectivity index is 1.61. The Morgan fingerprint density at radius 2 is 1.73 bits per heavy atom. The van der Waals surface area contributed by atoms with E-state index < -0.39 is 0 Å². The van der Waals surface area contributed by atoms with Gasteiger partial charge in [0.15, 0.2) is 5.69 Å². The highest BCUT2D eigenvalue weighted by Gasteiger charge is 2.28. The van der Waals surface area contributed by atoms with Crippen LogP contribution in [0.2, 0.25) is 0 Å². The fraction of sp³-hybridized carbons (Fsp3) is 0.667. The predicted molar refractivity (Wildman–Crippen MR) is 96.2 cm³/mol. The van der Waals surface area contributed by atoms with Crippen LogP contribution in [0.25, 0.3) is 0 Å². The summed E-state index contributed by atoms with van der Waals surface area (Å²) in [5.74, 6) is -0.0481. The SMILES string of the molecule is Cn1nc(C(=O)N2CCC(C(N)=O)CC2)cc1NC(=O)C1CCCCC1. The number of piperidine rings is 1. The van der Waals surface area contributed by atoms with Crippen molar-refractivity contribution >= 4 is 23.5 Å². The molecule has 2 fully saturated rings. The van der Waals surface area contributed by atoms with Gasteiger partial charge in [0.25, 0.3) is 5.91 Å². The number of hydrogen-bond donors (Lipinski definition) is 2. The Labute approximate surface area is 153 Å². The summed E-state index contributed by atoms with van der Waals surface area (Å²) in [4.78, 5) is 38.0. The quantitative estimate of drug-likeness (QED) is 0.841. The Morgan fingerprint density at radius 3 is 2.35 bits per heavy atom. The van der Waals surface area contributed by atoms with E-state index in [0.717, 1.165) is 25.7 Å². The van der Waals surface area contributed by atoms with Gasteiger partial charge in [0.1, 0.15) is 5.82 Å². The second-order valence-corrected chi connectivity index (χ2v) is 7.33. The van der Waals surface area contributed by atoms with Gasteiger partial charge in [0, 0.05) is 38.0 Å². The molecule has 1 aliphatic carbocycles. The van der Waals surface area contributed by atoms with Gasteiger partial charge in [-0.1, -0.05) is 19.3 Å². The molecular formula is C18H27N5O3. The first-order valence-electron chi connectivity index (χ1n) is 9.39. The highest BCUT2D eigenvalue weighted by molar-refractivity contribution is 5.96. The number of nitrogens with one attached hydrogen (secondary N) is 1. The van der Waals surface area contributed by atoms with Gasteiger partial charge >= 0.3 is 0 Å². The third kappa shape index (κ3) is 4.05. The third-order valence-electron chi connectivity index (χ3n) is 5.51. The first-order chi connectivity index (χ1) is 12.5. The van der Waals surface area contributed by atoms with Crippen LogP contribution >= 0.6 is 0 Å². The highest BCUT2D eigenvalue weighted by atomic mass is 16.2. The molecule has 1 saturated heterocycles. The number of nitrogens with two attached hydrogens (primary N) is 1. The average Bonchev–Trinajstić information content (AvgIpc) is 3.02. The molecule has 8 heteroatoms. The van der Waals surface area contributed by atoms with Gasteiger partial charge in [-0.25, -0.2) is 0 Å². The lowest BCUT2D eigenvalue weighted by molar-refractivity contribution is -0.123. The summed E-state index contributed by atoms with van der Waals surface area (Å²) in [5, 5.41) is 7.17. The Kier molecular flexibility index (Phi) is 5.58. The van der Waals surface area contributed by atoms with Crippen LogP contribution in [0.4, 0.5) is 5.82 Å². The number of carbonyl (C=O) groups excluding carboxylic acids is 3. The van der Waals surface area contributed by atoms with Gasteiger partial charge in [-0.2, -0.15) is 5.10 Å². The molecule has 0 bridgehead atoms. The number of carbonyl (C=O) groups is 3. The summed E-state index contributed by atoms with van der Waals surface area (Å²) in [6.45, 7) is 0.986. The van der Waals surface area contributed by atoms with E-state index in [1.165, 1.54) is 11.1 Å². The number of anilines is 1. The van der Waals surface area contributed by atoms with Crippen molar-refractivity contribution in [3.63, 3.8) is 0 Å². The van der Waals surface area contributed by atoms with Gasteiger partial charge in [-0.3, -0.25) is 19.1 Å². The molecule has 3 rings (SSSR count). The molecule has 0 radical (unpaired) electrons. The van der Waals surface area contributed by atoms with Crippen LogP contribution in [0, 0.1) is 11.8 Å². The van der Waals surface area contributed by atoms with E-state index in [0.29, 0.717) is 37.4 Å². The summed E-state index contributed by atoms with van der Waals surface area (Å²) in [5.41, 5.74) is 5.64. The number of amides is 3. The standard InChI is InChI=1S/C18H27N5O3/c1-22-15(20-17(25)13-5-3-2-4-6-13)11-14(21-22)18(26)23-9-7-12(8-10-23)16(19)24/h11-13H,2-10H2,1H3,(H2,19,24)(H,20,25). The molecule has 1 aromatic rings. The van der Waals surface area contributed by atoms with Gasteiger partial charge in [0.2, 0.25) is 11.8 Å². The Morgan fingerprint density at radius 1 is 1.08 bits per heavy atom. The predicted octanol–water partition coefficient (Wildman–Crippen LogP) is 1.28. The minimum absolute atomic E-state index is 0.00831. The summed E-state index contributed by atoms with van der Waals surface area (Å²) in [6, 6.07) is 1.63. The zero-order chi connectivity index (χ0) is 18.7. The number of primary amides is 1. The number of aryl methyl sites for hydroxylation is 1. The molecule has 0 atom stereocenters. The van der Waals surface area contributed by atoms with Crippen LogP contribution in [-0.2, 0) is 16.6 Å². The van der Waals surface area contributed by atoms with E-state index in [1.54, 1.807) is 18.0 Å². The smallest absolute Gasteiger partial charge is 0.274 e. The summed E-state index contributed by atoms with van der Waals surface area (Å²) >= 11 is 0. The van der Waals surface area contributed by atoms with Gasteiger partial charge < -0.3 is 16.0 Å². The number of nitrogens with zero attached hydrogens (tertiary/aromatic N) is 3. The molecule has 1 aromatic heterocycles. The maximum Gasteiger partial charge on any atom is 0.274 e. The van der Waals surface area contributed by atoms with Crippen LogP contribution in [0.3, 0.4) is 0 Å². The molecule has 0 unspecified atom stereocenters. The van der Waals surface area contributed by atoms with Gasteiger partial charge in [-0.15, -0.1) is 0 Å². The zero-order valence-corrected chi connectivity index (χ0v) is 15.2. The monoisotopic (exact) mass is 361 g/mol. The van der Waals surface area contributed by atoms with Crippen molar-refractivity contribution in [2.45, 2.75) is 44.9 Å². The molecule has 26 heavy (non-hydrogen) atoms. The van der Waals surface area contributed by atoms with Gasteiger partial charge in [0.05, 0.1) is 0 Å². The van der Waals surface area contributed by atoms with Crippen molar-refractivity contribution < 1.29 is 14.4 Å². The van der Waals surface area contributed by atoms with Crippen molar-refractivity contribution in [1.29, 1.82) is 0 Å². The summed E-state index contributed by atoms with van der Waals surface area (Å²) in [6.07, 6.45) is 6.39. The summed E-state index contributed by atoms with van der Waals surface area (Å²) in [7, 11) is 1.71. The van der Waals surface area contributed by atoms with E-state index >= 15 is 0 Å². The van der Waals surface area contributed by atoms with Crippen LogP contribution < -0.4 is 11.1 Å². The lowest BCUT2D eigenvalue weighted by Gasteiger charge is -2.29. The molecule has 3 N–H and O–H groups in total. The Bertz CT molecular complexity index is 685. The number of aromatic nitrogens is 2. The van der Waals surface area contributed by atoms with Crippen LogP contribution in [-0.4, -0.2) is 45.5 Å². The fourth-order valence-corrected chi connectivity index (χ4v) is 3.81. The van der Waals surface area contributed by atoms with E-state index in [2.05, 4.69) is 10.4 Å². The van der Waals surface area contributed by atoms with Crippen LogP contribution in [0.1, 0.15) is 55.4 Å². The second-order valence-electron chi connectivity index (χ2n) is 7.33. The zero-order valence-electron chi connectivity index (χ0n) is 15.2. The maximum atomic E-state index is 12.7. The molecule has 3 amide bonds. The first-order valence-corrected chi connectivity index (χ1v) is 9.39. The van der Waals surface area contributed by atoms with Gasteiger partial charge in [-0.05, 0) is 25.7 Å². The first kappa shape index (κ1) is 18.4. The average molecular weight is 361 g/mol. The van der Waals surface area contributed by atoms with Crippen molar-refractivity contribution in [3.05, 3.63) is 11.8 Å². The lowest BCUT2D eigenvalue weighted by Crippen LogP contribution is -2.41. The largest absolute Gasteiger partial charge is 0.369 e. The molecule has 0 aromatic carbocycles. The topological polar surface area (TPSA) is 110 Å². The molecule has 8 nitrogen and oxygen atoms in total. The number of hydrogen-bond acceptors (Lipinski definition) is 4. The molecule has 0 spiro atoms. The third-order valence-corrected chi connectivity index (χ3v) is 5.51. The molecular weight excluding hydrogens is 334 g/mol. The minimum Gasteiger partial charge on any atom is -0.369 e. The van der Waals surface area contributed by atoms with Crippen molar-refractivity contribution in [2.24, 2.45) is 24.6 Å². The van der Waals surface area contributed by atoms with E-state index in [1.807, 2.05) is 0 Å². The lowest BCUT2D eigenvalue weighted by atomic mass is 9.89. The number of likely N-dealkylation sites (tertiary alicyclic amines) is 1. The summed E-state index contributed by atoms with van der Waals surface area (Å²) < 4.78 is 1.53. The van der Waals surface area contributed by atoms with E-state index in [4.69, 9.17) is 5.73 Å². The molecule has 1 saturated carbocycles. The van der Waals surface area contributed by atoms with Crippen molar-refractivity contribution in [3.8, 4) is 0 Å². The van der Waals surface area contributed by atoms with Crippen molar-refractivity contribution in [2.75, 3.05) is 18.4 Å². The molecule has 1 aliphatic heterocycles. The van der Waals surface area contributed by atoms with Crippen LogP contribution in [0.15, 0.2) is 6.07 Å². The second kappa shape index (κ2) is 7.88. The minimum atomic E-state index is -0.303. The van der Waals surface area contributed by atoms with Crippen LogP contribution in [0.5, 0.6) is 0 Å². The van der Waals surface area contributed by atoms with E-state index in [9.17, 15) is 14.4 Å². The molecule has 2 aliphatic rings. The number of rotatable bonds is 4.